The Morgan fingerprint density at radius 1 is 0.963 bits per heavy atom. The molecule has 142 valence electrons. The van der Waals surface area contributed by atoms with Gasteiger partial charge >= 0.3 is 0 Å². The molecular formula is C20H21ClFN3O2. The van der Waals surface area contributed by atoms with Crippen molar-refractivity contribution in [1.29, 1.82) is 0 Å². The number of rotatable bonds is 4. The third-order valence-corrected chi connectivity index (χ3v) is 4.71. The zero-order valence-electron chi connectivity index (χ0n) is 14.8. The summed E-state index contributed by atoms with van der Waals surface area (Å²) >= 11 is 5.84. The highest BCUT2D eigenvalue weighted by Crippen LogP contribution is 2.14. The number of amides is 2. The zero-order valence-corrected chi connectivity index (χ0v) is 15.6. The quantitative estimate of drug-likeness (QED) is 0.873. The summed E-state index contributed by atoms with van der Waals surface area (Å²) in [5.74, 6) is -0.571. The molecular weight excluding hydrogens is 369 g/mol. The van der Waals surface area contributed by atoms with Gasteiger partial charge in [-0.15, -0.1) is 0 Å². The second-order valence-corrected chi connectivity index (χ2v) is 6.92. The van der Waals surface area contributed by atoms with Crippen molar-refractivity contribution >= 4 is 29.1 Å². The van der Waals surface area contributed by atoms with Gasteiger partial charge in [-0.3, -0.25) is 14.5 Å². The number of carbonyl (C=O) groups excluding carboxylic acids is 2. The van der Waals surface area contributed by atoms with E-state index in [0.717, 1.165) is 13.0 Å². The Morgan fingerprint density at radius 3 is 2.37 bits per heavy atom. The fourth-order valence-electron chi connectivity index (χ4n) is 3.04. The van der Waals surface area contributed by atoms with Crippen LogP contribution in [0.5, 0.6) is 0 Å². The third kappa shape index (κ3) is 5.52. The summed E-state index contributed by atoms with van der Waals surface area (Å²) in [6.45, 7) is 2.76. The zero-order chi connectivity index (χ0) is 19.2. The van der Waals surface area contributed by atoms with E-state index in [9.17, 15) is 14.0 Å². The van der Waals surface area contributed by atoms with Gasteiger partial charge < -0.3 is 10.2 Å². The molecule has 0 aromatic heterocycles. The Kier molecular flexibility index (Phi) is 6.42. The molecule has 0 bridgehead atoms. The molecule has 1 fully saturated rings. The van der Waals surface area contributed by atoms with Crippen molar-refractivity contribution in [3.05, 3.63) is 64.9 Å². The van der Waals surface area contributed by atoms with E-state index >= 15 is 0 Å². The van der Waals surface area contributed by atoms with Crippen LogP contribution < -0.4 is 5.32 Å². The Bertz CT molecular complexity index is 796. The average Bonchev–Trinajstić information content (AvgIpc) is 2.89. The smallest absolute Gasteiger partial charge is 0.253 e. The van der Waals surface area contributed by atoms with E-state index in [4.69, 9.17) is 11.6 Å². The summed E-state index contributed by atoms with van der Waals surface area (Å²) in [5, 5.41) is 3.46. The monoisotopic (exact) mass is 389 g/mol. The molecule has 1 N–H and O–H groups in total. The molecule has 1 saturated heterocycles. The predicted molar refractivity (Wildman–Crippen MR) is 103 cm³/mol. The first-order chi connectivity index (χ1) is 13.0. The fraction of sp³-hybridized carbons (Fsp3) is 0.300. The van der Waals surface area contributed by atoms with Crippen LogP contribution in [0.1, 0.15) is 16.8 Å². The molecule has 2 aromatic carbocycles. The molecule has 1 aliphatic heterocycles. The minimum absolute atomic E-state index is 0.101. The number of hydrogen-bond acceptors (Lipinski definition) is 3. The lowest BCUT2D eigenvalue weighted by Crippen LogP contribution is -2.38. The molecule has 5 nitrogen and oxygen atoms in total. The van der Waals surface area contributed by atoms with Gasteiger partial charge in [0, 0.05) is 42.5 Å². The van der Waals surface area contributed by atoms with Crippen LogP contribution >= 0.6 is 11.6 Å². The Balaban J connectivity index is 1.51. The molecule has 7 heteroatoms. The van der Waals surface area contributed by atoms with Gasteiger partial charge in [-0.05, 0) is 55.0 Å². The first-order valence-electron chi connectivity index (χ1n) is 8.84. The van der Waals surface area contributed by atoms with Crippen LogP contribution in [0, 0.1) is 5.82 Å². The second kappa shape index (κ2) is 8.97. The SMILES string of the molecule is O=C(CN1CCCN(C(=O)c2ccc(F)cc2)CC1)Nc1ccc(Cl)cc1. The van der Waals surface area contributed by atoms with Crippen molar-refractivity contribution in [1.82, 2.24) is 9.80 Å². The van der Waals surface area contributed by atoms with E-state index in [-0.39, 0.29) is 24.2 Å². The van der Waals surface area contributed by atoms with Gasteiger partial charge in [-0.2, -0.15) is 0 Å². The summed E-state index contributed by atoms with van der Waals surface area (Å²) < 4.78 is 13.0. The summed E-state index contributed by atoms with van der Waals surface area (Å²) in [6, 6.07) is 12.5. The topological polar surface area (TPSA) is 52.7 Å². The van der Waals surface area contributed by atoms with Gasteiger partial charge in [0.1, 0.15) is 5.82 Å². The van der Waals surface area contributed by atoms with Crippen molar-refractivity contribution in [2.75, 3.05) is 38.0 Å². The second-order valence-electron chi connectivity index (χ2n) is 6.48. The van der Waals surface area contributed by atoms with E-state index in [1.54, 1.807) is 29.2 Å². The molecule has 0 unspecified atom stereocenters. The van der Waals surface area contributed by atoms with E-state index < -0.39 is 0 Å². The van der Waals surface area contributed by atoms with Crippen molar-refractivity contribution in [3.8, 4) is 0 Å². The van der Waals surface area contributed by atoms with E-state index in [0.29, 0.717) is 35.9 Å². The predicted octanol–water partition coefficient (Wildman–Crippen LogP) is 3.27. The fourth-order valence-corrected chi connectivity index (χ4v) is 3.17. The van der Waals surface area contributed by atoms with Gasteiger partial charge in [-0.1, -0.05) is 11.6 Å². The summed E-state index contributed by atoms with van der Waals surface area (Å²) in [6.07, 6.45) is 0.779. The summed E-state index contributed by atoms with van der Waals surface area (Å²) in [5.41, 5.74) is 1.18. The molecule has 0 spiro atoms. The average molecular weight is 390 g/mol. The minimum atomic E-state index is -0.361. The lowest BCUT2D eigenvalue weighted by atomic mass is 10.2. The number of benzene rings is 2. The van der Waals surface area contributed by atoms with Crippen LogP contribution in [0.3, 0.4) is 0 Å². The lowest BCUT2D eigenvalue weighted by Gasteiger charge is -2.22. The van der Waals surface area contributed by atoms with Gasteiger partial charge in [0.15, 0.2) is 0 Å². The van der Waals surface area contributed by atoms with Crippen LogP contribution in [0.25, 0.3) is 0 Å². The Labute approximate surface area is 162 Å². The lowest BCUT2D eigenvalue weighted by molar-refractivity contribution is -0.117. The number of carbonyl (C=O) groups is 2. The van der Waals surface area contributed by atoms with Gasteiger partial charge in [0.2, 0.25) is 5.91 Å². The molecule has 0 saturated carbocycles. The van der Waals surface area contributed by atoms with E-state index in [1.807, 2.05) is 4.90 Å². The van der Waals surface area contributed by atoms with Crippen LogP contribution in [0.2, 0.25) is 5.02 Å². The van der Waals surface area contributed by atoms with Crippen LogP contribution in [0.4, 0.5) is 10.1 Å². The normalized spacial score (nSPS) is 15.3. The largest absolute Gasteiger partial charge is 0.337 e. The molecule has 0 radical (unpaired) electrons. The Hall–Kier alpha value is -2.44. The molecule has 0 aliphatic carbocycles. The van der Waals surface area contributed by atoms with Gasteiger partial charge in [-0.25, -0.2) is 4.39 Å². The summed E-state index contributed by atoms with van der Waals surface area (Å²) in [7, 11) is 0. The van der Waals surface area contributed by atoms with E-state index in [2.05, 4.69) is 5.32 Å². The molecule has 2 aromatic rings. The summed E-state index contributed by atoms with van der Waals surface area (Å²) in [4.78, 5) is 28.6. The van der Waals surface area contributed by atoms with Gasteiger partial charge in [0.25, 0.3) is 5.91 Å². The van der Waals surface area contributed by atoms with Crippen molar-refractivity contribution in [3.63, 3.8) is 0 Å². The number of anilines is 1. The maximum absolute atomic E-state index is 13.0. The van der Waals surface area contributed by atoms with Crippen molar-refractivity contribution in [2.24, 2.45) is 0 Å². The number of nitrogens with one attached hydrogen (secondary N) is 1. The molecule has 0 atom stereocenters. The molecule has 1 aliphatic rings. The van der Waals surface area contributed by atoms with Gasteiger partial charge in [0.05, 0.1) is 6.54 Å². The Morgan fingerprint density at radius 2 is 1.67 bits per heavy atom. The molecule has 3 rings (SSSR count). The molecule has 1 heterocycles. The molecule has 2 amide bonds. The number of halogens is 2. The number of hydrogen-bond donors (Lipinski definition) is 1. The molecule has 27 heavy (non-hydrogen) atoms. The maximum atomic E-state index is 13.0. The first-order valence-corrected chi connectivity index (χ1v) is 9.22. The third-order valence-electron chi connectivity index (χ3n) is 4.46. The highest BCUT2D eigenvalue weighted by atomic mass is 35.5. The van der Waals surface area contributed by atoms with Crippen LogP contribution in [-0.2, 0) is 4.79 Å². The highest BCUT2D eigenvalue weighted by molar-refractivity contribution is 6.30. The van der Waals surface area contributed by atoms with Crippen molar-refractivity contribution < 1.29 is 14.0 Å². The van der Waals surface area contributed by atoms with E-state index in [1.165, 1.54) is 24.3 Å². The van der Waals surface area contributed by atoms with Crippen LogP contribution in [-0.4, -0.2) is 54.3 Å². The van der Waals surface area contributed by atoms with Crippen LogP contribution in [0.15, 0.2) is 48.5 Å². The van der Waals surface area contributed by atoms with Crippen molar-refractivity contribution in [2.45, 2.75) is 6.42 Å². The minimum Gasteiger partial charge on any atom is -0.337 e. The standard InChI is InChI=1S/C20H21ClFN3O2/c21-16-4-8-18(9-5-16)23-19(26)14-24-10-1-11-25(13-12-24)20(27)15-2-6-17(22)7-3-15/h2-9H,1,10-14H2,(H,23,26). The maximum Gasteiger partial charge on any atom is 0.253 e. The number of nitrogens with zero attached hydrogens (tertiary/aromatic N) is 2. The highest BCUT2D eigenvalue weighted by Gasteiger charge is 2.21. The first kappa shape index (κ1) is 19.3.